The fraction of sp³-hybridized carbons (Fsp3) is 0.130. The molecule has 0 aliphatic carbocycles. The van der Waals surface area contributed by atoms with Gasteiger partial charge in [-0.05, 0) is 41.5 Å². The maximum atomic E-state index is 13.6. The molecule has 29 heavy (non-hydrogen) atoms. The number of carbonyl (C=O) groups is 2. The molecule has 1 heterocycles. The van der Waals surface area contributed by atoms with Crippen molar-refractivity contribution in [2.75, 3.05) is 16.0 Å². The smallest absolute Gasteiger partial charge is 0.238 e. The van der Waals surface area contributed by atoms with Gasteiger partial charge in [0.15, 0.2) is 0 Å². The van der Waals surface area contributed by atoms with Crippen molar-refractivity contribution in [2.24, 2.45) is 0 Å². The van der Waals surface area contributed by atoms with Gasteiger partial charge in [-0.25, -0.2) is 4.39 Å². The summed E-state index contributed by atoms with van der Waals surface area (Å²) < 4.78 is 13.6. The molecule has 0 saturated carbocycles. The number of carbonyl (C=O) groups excluding carboxylic acids is 2. The predicted molar refractivity (Wildman–Crippen MR) is 114 cm³/mol. The zero-order valence-corrected chi connectivity index (χ0v) is 16.4. The van der Waals surface area contributed by atoms with Crippen molar-refractivity contribution in [1.82, 2.24) is 0 Å². The van der Waals surface area contributed by atoms with E-state index in [-0.39, 0.29) is 23.0 Å². The minimum atomic E-state index is -0.373. The molecule has 146 valence electrons. The lowest BCUT2D eigenvalue weighted by molar-refractivity contribution is -0.116. The number of nitrogens with zero attached hydrogens (tertiary/aromatic N) is 1. The van der Waals surface area contributed by atoms with Crippen LogP contribution >= 0.6 is 11.8 Å². The highest BCUT2D eigenvalue weighted by molar-refractivity contribution is 8.00. The lowest BCUT2D eigenvalue weighted by Crippen LogP contribution is -2.27. The monoisotopic (exact) mass is 406 g/mol. The maximum absolute atomic E-state index is 13.6. The minimum absolute atomic E-state index is 0.0501. The van der Waals surface area contributed by atoms with Crippen LogP contribution in [0.15, 0.2) is 78.9 Å². The molecule has 1 aliphatic rings. The van der Waals surface area contributed by atoms with Crippen molar-refractivity contribution in [2.45, 2.75) is 11.8 Å². The summed E-state index contributed by atoms with van der Waals surface area (Å²) in [4.78, 5) is 26.2. The van der Waals surface area contributed by atoms with Crippen molar-refractivity contribution in [1.29, 1.82) is 0 Å². The molecule has 4 rings (SSSR count). The number of hydrogen-bond donors (Lipinski definition) is 1. The van der Waals surface area contributed by atoms with E-state index < -0.39 is 0 Å². The van der Waals surface area contributed by atoms with Crippen LogP contribution in [0.3, 0.4) is 0 Å². The molecule has 1 N–H and O–H groups in total. The number of amides is 2. The lowest BCUT2D eigenvalue weighted by atomic mass is 10.1. The molecule has 0 radical (unpaired) electrons. The molecule has 1 aliphatic heterocycles. The first-order valence-corrected chi connectivity index (χ1v) is 10.3. The highest BCUT2D eigenvalue weighted by Gasteiger charge is 2.34. The van der Waals surface area contributed by atoms with Crippen molar-refractivity contribution in [3.63, 3.8) is 0 Å². The van der Waals surface area contributed by atoms with Gasteiger partial charge in [0.1, 0.15) is 11.2 Å². The van der Waals surface area contributed by atoms with Gasteiger partial charge in [0.05, 0.1) is 12.2 Å². The summed E-state index contributed by atoms with van der Waals surface area (Å²) >= 11 is 1.50. The SMILES string of the molecule is O=C(Cc1ccccc1)Nc1ccc(C2SCC(=O)N2c2cccc(F)c2)cc1. The van der Waals surface area contributed by atoms with E-state index in [1.807, 2.05) is 54.6 Å². The summed E-state index contributed by atoms with van der Waals surface area (Å²) in [5, 5.41) is 2.67. The lowest BCUT2D eigenvalue weighted by Gasteiger charge is -2.24. The van der Waals surface area contributed by atoms with Gasteiger partial charge in [-0.3, -0.25) is 14.5 Å². The summed E-state index contributed by atoms with van der Waals surface area (Å²) in [7, 11) is 0. The zero-order chi connectivity index (χ0) is 20.2. The van der Waals surface area contributed by atoms with Gasteiger partial charge in [0, 0.05) is 11.4 Å². The first-order valence-electron chi connectivity index (χ1n) is 9.23. The molecule has 0 bridgehead atoms. The molecule has 3 aromatic rings. The second-order valence-corrected chi connectivity index (χ2v) is 7.81. The fourth-order valence-electron chi connectivity index (χ4n) is 3.29. The Hall–Kier alpha value is -3.12. The Labute approximate surface area is 172 Å². The van der Waals surface area contributed by atoms with Crippen LogP contribution < -0.4 is 10.2 Å². The number of benzene rings is 3. The number of thioether (sulfide) groups is 1. The molecule has 0 spiro atoms. The predicted octanol–water partition coefficient (Wildman–Crippen LogP) is 4.79. The average molecular weight is 406 g/mol. The molecule has 4 nitrogen and oxygen atoms in total. The summed E-state index contributed by atoms with van der Waals surface area (Å²) in [6, 6.07) is 23.0. The second-order valence-electron chi connectivity index (χ2n) is 6.74. The second kappa shape index (κ2) is 8.49. The van der Waals surface area contributed by atoms with E-state index in [9.17, 15) is 14.0 Å². The highest BCUT2D eigenvalue weighted by atomic mass is 32.2. The van der Waals surface area contributed by atoms with E-state index in [0.717, 1.165) is 11.1 Å². The Morgan fingerprint density at radius 2 is 1.79 bits per heavy atom. The average Bonchev–Trinajstić information content (AvgIpc) is 3.11. The van der Waals surface area contributed by atoms with Crippen LogP contribution in [-0.4, -0.2) is 17.6 Å². The Morgan fingerprint density at radius 3 is 2.52 bits per heavy atom. The third-order valence-corrected chi connectivity index (χ3v) is 5.85. The summed E-state index contributed by atoms with van der Waals surface area (Å²) in [5.74, 6) is -0.166. The molecule has 1 fully saturated rings. The molecule has 0 aromatic heterocycles. The Bertz CT molecular complexity index is 1020. The number of nitrogens with one attached hydrogen (secondary N) is 1. The third kappa shape index (κ3) is 4.49. The number of anilines is 2. The summed E-state index contributed by atoms with van der Waals surface area (Å²) in [5.41, 5.74) is 3.12. The van der Waals surface area contributed by atoms with Crippen LogP contribution in [0.4, 0.5) is 15.8 Å². The van der Waals surface area contributed by atoms with Crippen LogP contribution in [-0.2, 0) is 16.0 Å². The largest absolute Gasteiger partial charge is 0.326 e. The molecule has 1 saturated heterocycles. The van der Waals surface area contributed by atoms with Gasteiger partial charge in [-0.2, -0.15) is 0 Å². The van der Waals surface area contributed by atoms with Crippen LogP contribution in [0.2, 0.25) is 0 Å². The number of halogens is 1. The quantitative estimate of drug-likeness (QED) is 0.663. The molecular weight excluding hydrogens is 387 g/mol. The fourth-order valence-corrected chi connectivity index (χ4v) is 4.47. The van der Waals surface area contributed by atoms with Gasteiger partial charge in [-0.1, -0.05) is 48.5 Å². The first kappa shape index (κ1) is 19.2. The Balaban J connectivity index is 1.47. The molecule has 6 heteroatoms. The summed E-state index contributed by atoms with van der Waals surface area (Å²) in [6.07, 6.45) is 0.308. The molecular formula is C23H19FN2O2S. The van der Waals surface area contributed by atoms with E-state index in [0.29, 0.717) is 23.5 Å². The van der Waals surface area contributed by atoms with E-state index in [1.165, 1.54) is 23.9 Å². The topological polar surface area (TPSA) is 49.4 Å². The van der Waals surface area contributed by atoms with Crippen molar-refractivity contribution in [3.8, 4) is 0 Å². The minimum Gasteiger partial charge on any atom is -0.326 e. The molecule has 2 amide bonds. The van der Waals surface area contributed by atoms with E-state index in [1.54, 1.807) is 17.0 Å². The maximum Gasteiger partial charge on any atom is 0.238 e. The van der Waals surface area contributed by atoms with Gasteiger partial charge in [-0.15, -0.1) is 11.8 Å². The third-order valence-electron chi connectivity index (χ3n) is 4.64. The van der Waals surface area contributed by atoms with Gasteiger partial charge >= 0.3 is 0 Å². The van der Waals surface area contributed by atoms with Gasteiger partial charge < -0.3 is 5.32 Å². The van der Waals surface area contributed by atoms with Crippen LogP contribution in [0.25, 0.3) is 0 Å². The zero-order valence-electron chi connectivity index (χ0n) is 15.5. The highest BCUT2D eigenvalue weighted by Crippen LogP contribution is 2.42. The Morgan fingerprint density at radius 1 is 1.03 bits per heavy atom. The van der Waals surface area contributed by atoms with Gasteiger partial charge in [0.2, 0.25) is 11.8 Å². The van der Waals surface area contributed by atoms with Crippen molar-refractivity contribution in [3.05, 3.63) is 95.8 Å². The normalized spacial score (nSPS) is 16.1. The first-order chi connectivity index (χ1) is 14.1. The van der Waals surface area contributed by atoms with E-state index >= 15 is 0 Å². The van der Waals surface area contributed by atoms with Crippen LogP contribution in [0.1, 0.15) is 16.5 Å². The van der Waals surface area contributed by atoms with Crippen LogP contribution in [0, 0.1) is 5.82 Å². The Kier molecular flexibility index (Phi) is 5.62. The molecule has 1 atom stereocenters. The molecule has 3 aromatic carbocycles. The van der Waals surface area contributed by atoms with Crippen molar-refractivity contribution < 1.29 is 14.0 Å². The van der Waals surface area contributed by atoms with Crippen molar-refractivity contribution >= 4 is 35.0 Å². The number of hydrogen-bond acceptors (Lipinski definition) is 3. The summed E-state index contributed by atoms with van der Waals surface area (Å²) in [6.45, 7) is 0. The van der Waals surface area contributed by atoms with E-state index in [4.69, 9.17) is 0 Å². The number of rotatable bonds is 5. The molecule has 1 unspecified atom stereocenters. The van der Waals surface area contributed by atoms with Gasteiger partial charge in [0.25, 0.3) is 0 Å². The van der Waals surface area contributed by atoms with E-state index in [2.05, 4.69) is 5.32 Å². The van der Waals surface area contributed by atoms with Crippen LogP contribution in [0.5, 0.6) is 0 Å². The standard InChI is InChI=1S/C23H19FN2O2S/c24-18-7-4-8-20(14-18)26-22(28)15-29-23(26)17-9-11-19(12-10-17)25-21(27)13-16-5-2-1-3-6-16/h1-12,14,23H,13,15H2,(H,25,27).